The van der Waals surface area contributed by atoms with E-state index in [1.54, 1.807) is 6.92 Å². The molecule has 0 saturated heterocycles. The van der Waals surface area contributed by atoms with E-state index in [9.17, 15) is 13.2 Å². The summed E-state index contributed by atoms with van der Waals surface area (Å²) in [5.74, 6) is -0.603. The summed E-state index contributed by atoms with van der Waals surface area (Å²) in [6.07, 6.45) is 0. The number of hydrogen-bond donors (Lipinski definition) is 2. The first-order valence-corrected chi connectivity index (χ1v) is 7.55. The highest BCUT2D eigenvalue weighted by atomic mass is 32.2. The van der Waals surface area contributed by atoms with E-state index in [1.807, 2.05) is 0 Å². The Labute approximate surface area is 125 Å². The van der Waals surface area contributed by atoms with E-state index in [2.05, 4.69) is 20.2 Å². The van der Waals surface area contributed by atoms with E-state index in [-0.39, 0.29) is 10.8 Å². The molecule has 1 aromatic carbocycles. The molecule has 0 aliphatic heterocycles. The minimum Gasteiger partial charge on any atom is -0.326 e. The van der Waals surface area contributed by atoms with Crippen LogP contribution < -0.4 is 10.0 Å². The maximum Gasteiger partial charge on any atom is 0.263 e. The zero-order valence-electron chi connectivity index (χ0n) is 14.4. The van der Waals surface area contributed by atoms with Gasteiger partial charge in [-0.05, 0) is 31.1 Å². The maximum absolute atomic E-state index is 12.4. The third kappa shape index (κ3) is 3.52. The lowest BCUT2D eigenvalue weighted by Gasteiger charge is -2.06. The summed E-state index contributed by atoms with van der Waals surface area (Å²) in [5, 5.41) is 9.85. The van der Waals surface area contributed by atoms with Crippen LogP contribution in [0.15, 0.2) is 29.1 Å². The monoisotopic (exact) mass is 316 g/mol. The number of rotatable bonds is 4. The molecule has 2 N–H and O–H groups in total. The van der Waals surface area contributed by atoms with Gasteiger partial charge in [0.1, 0.15) is 5.01 Å². The molecular formula is C11H12N4O3S2. The van der Waals surface area contributed by atoms with Gasteiger partial charge >= 0.3 is 0 Å². The number of carbonyl (C=O) groups excluding carboxylic acids is 1. The standard InChI is InChI=1S/C11H12N4O3S2/c1-7(16)12-9-3-5-10(6-4-9)20(17,18)15-11-14-13-8(2)19-11/h3-6H,1-2H3,(H,12,16)(H,14,15)/i3D,4D,5D,6D. The van der Waals surface area contributed by atoms with Gasteiger partial charge in [0.2, 0.25) is 11.0 Å². The van der Waals surface area contributed by atoms with Crippen LogP contribution in [0.5, 0.6) is 0 Å². The Hall–Kier alpha value is -2.00. The Bertz CT molecular complexity index is 901. The molecule has 20 heavy (non-hydrogen) atoms. The van der Waals surface area contributed by atoms with E-state index in [4.69, 9.17) is 5.48 Å². The molecule has 1 heterocycles. The highest BCUT2D eigenvalue weighted by Crippen LogP contribution is 2.20. The Balaban J connectivity index is 2.60. The van der Waals surface area contributed by atoms with Crippen molar-refractivity contribution in [3.8, 4) is 0 Å². The number of aryl methyl sites for hydroxylation is 1. The van der Waals surface area contributed by atoms with Gasteiger partial charge in [-0.1, -0.05) is 11.3 Å². The third-order valence-electron chi connectivity index (χ3n) is 1.92. The lowest BCUT2D eigenvalue weighted by atomic mass is 10.3. The number of nitrogens with zero attached hydrogens (tertiary/aromatic N) is 2. The van der Waals surface area contributed by atoms with Crippen LogP contribution in [0.2, 0.25) is 0 Å². The number of amides is 1. The summed E-state index contributed by atoms with van der Waals surface area (Å²) >= 11 is 0.955. The molecule has 0 unspecified atom stereocenters. The van der Waals surface area contributed by atoms with Crippen molar-refractivity contribution in [3.63, 3.8) is 0 Å². The predicted octanol–water partition coefficient (Wildman–Crippen LogP) is 1.61. The summed E-state index contributed by atoms with van der Waals surface area (Å²) in [4.78, 5) is 10.3. The van der Waals surface area contributed by atoms with Crippen molar-refractivity contribution >= 4 is 38.1 Å². The van der Waals surface area contributed by atoms with E-state index in [0.29, 0.717) is 5.01 Å². The van der Waals surface area contributed by atoms with Gasteiger partial charge in [0.05, 0.1) is 10.4 Å². The van der Waals surface area contributed by atoms with Crippen LogP contribution in [0, 0.1) is 6.92 Å². The molecule has 1 aromatic heterocycles. The Morgan fingerprint density at radius 1 is 1.30 bits per heavy atom. The smallest absolute Gasteiger partial charge is 0.263 e. The molecule has 0 saturated carbocycles. The number of anilines is 2. The Morgan fingerprint density at radius 2 is 1.95 bits per heavy atom. The van der Waals surface area contributed by atoms with Crippen molar-refractivity contribution < 1.29 is 18.7 Å². The van der Waals surface area contributed by atoms with Gasteiger partial charge in [-0.15, -0.1) is 10.2 Å². The SMILES string of the molecule is [2H]c1c([2H])c(S(=O)(=O)Nc2nnc(C)s2)c([2H])c([2H])c1NC(C)=O. The molecule has 0 spiro atoms. The van der Waals surface area contributed by atoms with Crippen LogP contribution in [0.4, 0.5) is 10.8 Å². The van der Waals surface area contributed by atoms with Gasteiger partial charge < -0.3 is 5.32 Å². The Morgan fingerprint density at radius 3 is 2.45 bits per heavy atom. The molecule has 2 aromatic rings. The topological polar surface area (TPSA) is 101 Å². The molecule has 9 heteroatoms. The zero-order chi connectivity index (χ0) is 18.2. The van der Waals surface area contributed by atoms with Crippen molar-refractivity contribution in [2.24, 2.45) is 0 Å². The largest absolute Gasteiger partial charge is 0.326 e. The number of benzene rings is 1. The number of aromatic nitrogens is 2. The van der Waals surface area contributed by atoms with Crippen LogP contribution in [-0.2, 0) is 14.8 Å². The van der Waals surface area contributed by atoms with Crippen LogP contribution in [0.1, 0.15) is 17.4 Å². The van der Waals surface area contributed by atoms with E-state index in [1.165, 1.54) is 0 Å². The van der Waals surface area contributed by atoms with Gasteiger partial charge in [0, 0.05) is 12.6 Å². The molecule has 2 rings (SSSR count). The fraction of sp³-hybridized carbons (Fsp3) is 0.182. The van der Waals surface area contributed by atoms with E-state index in [0.717, 1.165) is 18.3 Å². The molecule has 106 valence electrons. The van der Waals surface area contributed by atoms with Crippen molar-refractivity contribution in [1.82, 2.24) is 10.2 Å². The van der Waals surface area contributed by atoms with Gasteiger partial charge in [-0.3, -0.25) is 9.52 Å². The summed E-state index contributed by atoms with van der Waals surface area (Å²) in [6.45, 7) is 2.75. The first-order chi connectivity index (χ1) is 11.0. The lowest BCUT2D eigenvalue weighted by Crippen LogP contribution is -2.13. The molecule has 0 fully saturated rings. The van der Waals surface area contributed by atoms with Crippen molar-refractivity contribution in [2.45, 2.75) is 18.7 Å². The number of nitrogens with one attached hydrogen (secondary N) is 2. The van der Waals surface area contributed by atoms with Gasteiger partial charge in [-0.2, -0.15) is 0 Å². The molecule has 0 atom stereocenters. The average molecular weight is 316 g/mol. The van der Waals surface area contributed by atoms with Gasteiger partial charge in [0.25, 0.3) is 10.0 Å². The fourth-order valence-electron chi connectivity index (χ4n) is 1.18. The Kier molecular flexibility index (Phi) is 2.73. The average Bonchev–Trinajstić information content (AvgIpc) is 2.85. The third-order valence-corrected chi connectivity index (χ3v) is 4.01. The van der Waals surface area contributed by atoms with Crippen molar-refractivity contribution in [3.05, 3.63) is 29.2 Å². The number of sulfonamides is 1. The minimum atomic E-state index is -4.42. The number of hydrogen-bond acceptors (Lipinski definition) is 6. The second-order valence-corrected chi connectivity index (χ2v) is 6.42. The van der Waals surface area contributed by atoms with Crippen LogP contribution in [0.25, 0.3) is 0 Å². The fourth-order valence-corrected chi connectivity index (χ4v) is 2.86. The van der Waals surface area contributed by atoms with Gasteiger partial charge in [-0.25, -0.2) is 8.42 Å². The minimum absolute atomic E-state index is 0.0599. The first-order valence-electron chi connectivity index (χ1n) is 7.25. The van der Waals surface area contributed by atoms with Crippen molar-refractivity contribution in [2.75, 3.05) is 10.0 Å². The molecule has 0 bridgehead atoms. The van der Waals surface area contributed by atoms with Crippen LogP contribution in [-0.4, -0.2) is 24.5 Å². The second-order valence-electron chi connectivity index (χ2n) is 3.62. The summed E-state index contributed by atoms with van der Waals surface area (Å²) < 4.78 is 58.2. The van der Waals surface area contributed by atoms with E-state index < -0.39 is 45.0 Å². The van der Waals surface area contributed by atoms with Crippen LogP contribution in [0.3, 0.4) is 0 Å². The predicted molar refractivity (Wildman–Crippen MR) is 76.2 cm³/mol. The van der Waals surface area contributed by atoms with Gasteiger partial charge in [0.15, 0.2) is 0 Å². The molecule has 1 amide bonds. The first kappa shape index (κ1) is 9.83. The van der Waals surface area contributed by atoms with Crippen LogP contribution >= 0.6 is 11.3 Å². The molecule has 0 aliphatic rings. The summed E-state index contributed by atoms with van der Waals surface area (Å²) in [6, 6.07) is -2.93. The molecule has 7 nitrogen and oxygen atoms in total. The van der Waals surface area contributed by atoms with Crippen molar-refractivity contribution in [1.29, 1.82) is 0 Å². The summed E-state index contributed by atoms with van der Waals surface area (Å²) in [7, 11) is -4.42. The molecular weight excluding hydrogens is 300 g/mol. The molecule has 0 aliphatic carbocycles. The quantitative estimate of drug-likeness (QED) is 0.892. The number of carbonyl (C=O) groups is 1. The lowest BCUT2D eigenvalue weighted by molar-refractivity contribution is -0.114. The summed E-state index contributed by atoms with van der Waals surface area (Å²) in [5.41, 5.74) is -0.386. The highest BCUT2D eigenvalue weighted by Gasteiger charge is 2.16. The second kappa shape index (κ2) is 5.55. The molecule has 0 radical (unpaired) electrons. The normalized spacial score (nSPS) is 13.9. The zero-order valence-corrected chi connectivity index (χ0v) is 12.1. The highest BCUT2D eigenvalue weighted by molar-refractivity contribution is 7.93. The maximum atomic E-state index is 12.4. The van der Waals surface area contributed by atoms with E-state index >= 15 is 0 Å².